The van der Waals surface area contributed by atoms with E-state index in [2.05, 4.69) is 0 Å². The Morgan fingerprint density at radius 2 is 1.87 bits per heavy atom. The molecule has 0 amide bonds. The molecule has 0 N–H and O–H groups in total. The second kappa shape index (κ2) is 5.11. The van der Waals surface area contributed by atoms with E-state index in [4.69, 9.17) is 9.47 Å². The van der Waals surface area contributed by atoms with Gasteiger partial charge in [-0.05, 0) is 12.5 Å². The monoisotopic (exact) mass is 312 g/mol. The summed E-state index contributed by atoms with van der Waals surface area (Å²) >= 11 is 0. The second-order valence-corrected chi connectivity index (χ2v) is 6.86. The number of ether oxygens (including phenoxy) is 2. The first-order valence-electron chi connectivity index (χ1n) is 8.18. The number of hydrogen-bond acceptors (Lipinski definition) is 4. The number of hydrogen-bond donors (Lipinski definition) is 0. The molecule has 0 radical (unpaired) electrons. The molecule has 0 unspecified atom stereocenters. The first-order valence-corrected chi connectivity index (χ1v) is 8.18. The average molecular weight is 312 g/mol. The Morgan fingerprint density at radius 3 is 2.65 bits per heavy atom. The van der Waals surface area contributed by atoms with E-state index in [1.807, 2.05) is 43.3 Å². The number of carbonyl (C=O) groups is 2. The molecule has 4 rings (SSSR count). The van der Waals surface area contributed by atoms with Crippen molar-refractivity contribution in [2.24, 2.45) is 11.3 Å². The fourth-order valence-corrected chi connectivity index (χ4v) is 4.07. The molecule has 1 heterocycles. The van der Waals surface area contributed by atoms with Crippen LogP contribution in [0.25, 0.3) is 6.08 Å². The molecule has 0 aromatic heterocycles. The average Bonchev–Trinajstić information content (AvgIpc) is 3.02. The molecule has 1 saturated carbocycles. The molecule has 2 fully saturated rings. The molecule has 1 aromatic rings. The van der Waals surface area contributed by atoms with Gasteiger partial charge in [-0.25, -0.2) is 0 Å². The van der Waals surface area contributed by atoms with Gasteiger partial charge in [-0.3, -0.25) is 9.59 Å². The molecule has 2 aliphatic carbocycles. The zero-order chi connectivity index (χ0) is 16.1. The Balaban J connectivity index is 1.71. The highest BCUT2D eigenvalue weighted by atomic mass is 16.7. The number of Topliss-reactive ketones (excluding diaryl/α,β-unsaturated/α-hetero) is 2. The van der Waals surface area contributed by atoms with Crippen LogP contribution in [0.3, 0.4) is 0 Å². The van der Waals surface area contributed by atoms with Gasteiger partial charge >= 0.3 is 0 Å². The quantitative estimate of drug-likeness (QED) is 0.800. The summed E-state index contributed by atoms with van der Waals surface area (Å²) in [4.78, 5) is 25.7. The third kappa shape index (κ3) is 2.20. The lowest BCUT2D eigenvalue weighted by molar-refractivity contribution is -0.193. The Kier molecular flexibility index (Phi) is 3.29. The van der Waals surface area contributed by atoms with E-state index in [0.29, 0.717) is 38.0 Å². The molecule has 23 heavy (non-hydrogen) atoms. The molecular formula is C19H20O4. The Bertz CT molecular complexity index is 699. The number of carbonyl (C=O) groups excluding carboxylic acids is 2. The first-order chi connectivity index (χ1) is 11.0. The number of allylic oxidation sites excluding steroid dienone is 1. The summed E-state index contributed by atoms with van der Waals surface area (Å²) in [5, 5.41) is 0. The van der Waals surface area contributed by atoms with Gasteiger partial charge in [0, 0.05) is 30.7 Å². The van der Waals surface area contributed by atoms with Crippen LogP contribution in [0.15, 0.2) is 30.3 Å². The predicted molar refractivity (Wildman–Crippen MR) is 84.9 cm³/mol. The van der Waals surface area contributed by atoms with Crippen LogP contribution >= 0.6 is 0 Å². The SMILES string of the molecule is C[C@@]1([C@H]2CC3(CCC2=O)OCCO3)C=Cc2ccccc2C1=O. The van der Waals surface area contributed by atoms with Crippen LogP contribution < -0.4 is 0 Å². The van der Waals surface area contributed by atoms with Crippen molar-refractivity contribution in [3.63, 3.8) is 0 Å². The van der Waals surface area contributed by atoms with Crippen molar-refractivity contribution in [1.29, 1.82) is 0 Å². The van der Waals surface area contributed by atoms with Gasteiger partial charge < -0.3 is 9.47 Å². The van der Waals surface area contributed by atoms with Gasteiger partial charge in [-0.15, -0.1) is 0 Å². The van der Waals surface area contributed by atoms with Crippen molar-refractivity contribution in [3.05, 3.63) is 41.5 Å². The maximum absolute atomic E-state index is 13.1. The third-order valence-corrected chi connectivity index (χ3v) is 5.50. The minimum Gasteiger partial charge on any atom is -0.347 e. The second-order valence-electron chi connectivity index (χ2n) is 6.86. The van der Waals surface area contributed by atoms with E-state index < -0.39 is 17.1 Å². The summed E-state index contributed by atoms with van der Waals surface area (Å²) in [7, 11) is 0. The van der Waals surface area contributed by atoms with Crippen molar-refractivity contribution in [2.75, 3.05) is 13.2 Å². The molecule has 2 atom stereocenters. The van der Waals surface area contributed by atoms with Crippen LogP contribution in [0, 0.1) is 11.3 Å². The number of ketones is 2. The molecule has 1 saturated heterocycles. The van der Waals surface area contributed by atoms with E-state index in [0.717, 1.165) is 5.56 Å². The largest absolute Gasteiger partial charge is 0.347 e. The Hall–Kier alpha value is -1.78. The van der Waals surface area contributed by atoms with Gasteiger partial charge in [-0.1, -0.05) is 36.4 Å². The van der Waals surface area contributed by atoms with Crippen molar-refractivity contribution in [2.45, 2.75) is 32.0 Å². The molecule has 1 aromatic carbocycles. The van der Waals surface area contributed by atoms with Crippen LogP contribution in [0.2, 0.25) is 0 Å². The van der Waals surface area contributed by atoms with Crippen molar-refractivity contribution in [1.82, 2.24) is 0 Å². The van der Waals surface area contributed by atoms with Crippen molar-refractivity contribution >= 4 is 17.6 Å². The number of benzene rings is 1. The van der Waals surface area contributed by atoms with Crippen LogP contribution in [0.5, 0.6) is 0 Å². The summed E-state index contributed by atoms with van der Waals surface area (Å²) in [5.74, 6) is -0.919. The smallest absolute Gasteiger partial charge is 0.173 e. The Labute approximate surface area is 135 Å². The van der Waals surface area contributed by atoms with Crippen molar-refractivity contribution < 1.29 is 19.1 Å². The standard InChI is InChI=1S/C19H20O4/c1-18(8-6-13-4-2-3-5-14(13)17(18)21)15-12-19(9-7-16(15)20)22-10-11-23-19/h2-6,8,15H,7,9-12H2,1H3/t15-,18-/m0/s1. The molecule has 1 spiro atoms. The maximum Gasteiger partial charge on any atom is 0.173 e. The highest BCUT2D eigenvalue weighted by Gasteiger charge is 2.53. The summed E-state index contributed by atoms with van der Waals surface area (Å²) in [6.45, 7) is 2.99. The van der Waals surface area contributed by atoms with Gasteiger partial charge in [0.15, 0.2) is 11.6 Å². The van der Waals surface area contributed by atoms with E-state index in [-0.39, 0.29) is 11.6 Å². The highest BCUT2D eigenvalue weighted by Crippen LogP contribution is 2.48. The van der Waals surface area contributed by atoms with Crippen LogP contribution in [-0.4, -0.2) is 30.6 Å². The minimum atomic E-state index is -0.825. The van der Waals surface area contributed by atoms with E-state index in [1.54, 1.807) is 0 Å². The Morgan fingerprint density at radius 1 is 1.13 bits per heavy atom. The lowest BCUT2D eigenvalue weighted by atomic mass is 9.62. The topological polar surface area (TPSA) is 52.6 Å². The van der Waals surface area contributed by atoms with Gasteiger partial charge in [-0.2, -0.15) is 0 Å². The minimum absolute atomic E-state index is 0.0176. The normalized spacial score (nSPS) is 32.3. The molecular weight excluding hydrogens is 292 g/mol. The van der Waals surface area contributed by atoms with Gasteiger partial charge in [0.2, 0.25) is 0 Å². The molecule has 0 bridgehead atoms. The third-order valence-electron chi connectivity index (χ3n) is 5.50. The van der Waals surface area contributed by atoms with Gasteiger partial charge in [0.25, 0.3) is 0 Å². The van der Waals surface area contributed by atoms with Crippen LogP contribution in [-0.2, 0) is 14.3 Å². The predicted octanol–water partition coefficient (Wildman–Crippen LogP) is 3.01. The first kappa shape index (κ1) is 14.8. The molecule has 120 valence electrons. The lowest BCUT2D eigenvalue weighted by Gasteiger charge is -2.43. The molecule has 4 heteroatoms. The summed E-state index contributed by atoms with van der Waals surface area (Å²) in [6.07, 6.45) is 5.31. The fourth-order valence-electron chi connectivity index (χ4n) is 4.07. The molecule has 1 aliphatic heterocycles. The number of fused-ring (bicyclic) bond motifs is 1. The highest BCUT2D eigenvalue weighted by molar-refractivity contribution is 6.09. The van der Waals surface area contributed by atoms with Gasteiger partial charge in [0.05, 0.1) is 18.6 Å². The number of rotatable bonds is 1. The zero-order valence-electron chi connectivity index (χ0n) is 13.2. The lowest BCUT2D eigenvalue weighted by Crippen LogP contribution is -2.49. The summed E-state index contributed by atoms with van der Waals surface area (Å²) in [5.41, 5.74) is 0.785. The zero-order valence-corrected chi connectivity index (χ0v) is 13.2. The summed E-state index contributed by atoms with van der Waals surface area (Å²) in [6, 6.07) is 7.55. The van der Waals surface area contributed by atoms with E-state index >= 15 is 0 Å². The summed E-state index contributed by atoms with van der Waals surface area (Å²) < 4.78 is 11.6. The van der Waals surface area contributed by atoms with Crippen LogP contribution in [0.1, 0.15) is 42.1 Å². The van der Waals surface area contributed by atoms with Crippen LogP contribution in [0.4, 0.5) is 0 Å². The maximum atomic E-state index is 13.1. The fraction of sp³-hybridized carbons (Fsp3) is 0.474. The van der Waals surface area contributed by atoms with E-state index in [9.17, 15) is 9.59 Å². The van der Waals surface area contributed by atoms with Crippen molar-refractivity contribution in [3.8, 4) is 0 Å². The molecule has 3 aliphatic rings. The molecule has 4 nitrogen and oxygen atoms in total. The van der Waals surface area contributed by atoms with Gasteiger partial charge in [0.1, 0.15) is 5.78 Å². The van der Waals surface area contributed by atoms with E-state index in [1.165, 1.54) is 0 Å².